The van der Waals surface area contributed by atoms with Gasteiger partial charge in [-0.2, -0.15) is 0 Å². The van der Waals surface area contributed by atoms with Crippen LogP contribution in [-0.4, -0.2) is 32.1 Å². The van der Waals surface area contributed by atoms with Crippen molar-refractivity contribution in [2.45, 2.75) is 46.1 Å². The molecule has 0 amide bonds. The van der Waals surface area contributed by atoms with Gasteiger partial charge in [0.05, 0.1) is 0 Å². The molecule has 0 atom stereocenters. The summed E-state index contributed by atoms with van der Waals surface area (Å²) in [7, 11) is 4.24. The SMILES string of the molecule is CNCCCCN(C)Cc1cc(C(C)C)ccc1C. The van der Waals surface area contributed by atoms with Gasteiger partial charge in [-0.3, -0.25) is 0 Å². The smallest absolute Gasteiger partial charge is 0.0233 e. The van der Waals surface area contributed by atoms with E-state index in [1.54, 1.807) is 0 Å². The van der Waals surface area contributed by atoms with E-state index in [-0.39, 0.29) is 0 Å². The van der Waals surface area contributed by atoms with Gasteiger partial charge in [0.2, 0.25) is 0 Å². The van der Waals surface area contributed by atoms with Crippen LogP contribution >= 0.6 is 0 Å². The summed E-state index contributed by atoms with van der Waals surface area (Å²) in [5.74, 6) is 0.611. The quantitative estimate of drug-likeness (QED) is 0.721. The molecule has 0 radical (unpaired) electrons. The van der Waals surface area contributed by atoms with Crippen molar-refractivity contribution >= 4 is 0 Å². The second-order valence-corrected chi connectivity index (χ2v) is 5.89. The lowest BCUT2D eigenvalue weighted by Gasteiger charge is -2.19. The second-order valence-electron chi connectivity index (χ2n) is 5.89. The van der Waals surface area contributed by atoms with E-state index in [9.17, 15) is 0 Å². The van der Waals surface area contributed by atoms with Crippen molar-refractivity contribution in [3.63, 3.8) is 0 Å². The normalized spacial score (nSPS) is 11.5. The molecule has 0 aliphatic heterocycles. The van der Waals surface area contributed by atoms with E-state index in [1.165, 1.54) is 36.1 Å². The summed E-state index contributed by atoms with van der Waals surface area (Å²) >= 11 is 0. The largest absolute Gasteiger partial charge is 0.320 e. The van der Waals surface area contributed by atoms with Crippen molar-refractivity contribution in [3.8, 4) is 0 Å². The molecule has 0 saturated heterocycles. The molecule has 0 aromatic heterocycles. The van der Waals surface area contributed by atoms with Crippen molar-refractivity contribution in [1.29, 1.82) is 0 Å². The van der Waals surface area contributed by atoms with Gasteiger partial charge in [0.1, 0.15) is 0 Å². The number of hydrogen-bond acceptors (Lipinski definition) is 2. The van der Waals surface area contributed by atoms with Gasteiger partial charge in [-0.25, -0.2) is 0 Å². The van der Waals surface area contributed by atoms with Gasteiger partial charge >= 0.3 is 0 Å². The average molecular weight is 262 g/mol. The van der Waals surface area contributed by atoms with Gasteiger partial charge in [-0.15, -0.1) is 0 Å². The number of hydrogen-bond donors (Lipinski definition) is 1. The summed E-state index contributed by atoms with van der Waals surface area (Å²) in [5, 5.41) is 3.20. The molecule has 0 saturated carbocycles. The number of unbranched alkanes of at least 4 members (excludes halogenated alkanes) is 1. The van der Waals surface area contributed by atoms with Crippen molar-refractivity contribution in [1.82, 2.24) is 10.2 Å². The zero-order valence-electron chi connectivity index (χ0n) is 13.3. The van der Waals surface area contributed by atoms with E-state index in [0.717, 1.165) is 13.1 Å². The van der Waals surface area contributed by atoms with Crippen LogP contribution in [0.3, 0.4) is 0 Å². The van der Waals surface area contributed by atoms with Crippen LogP contribution in [0.2, 0.25) is 0 Å². The Hall–Kier alpha value is -0.860. The first kappa shape index (κ1) is 16.2. The number of benzene rings is 1. The Morgan fingerprint density at radius 2 is 1.95 bits per heavy atom. The molecule has 1 aromatic carbocycles. The molecule has 1 rings (SSSR count). The van der Waals surface area contributed by atoms with Gasteiger partial charge in [0.25, 0.3) is 0 Å². The predicted octanol–water partition coefficient (Wildman–Crippen LogP) is 3.55. The van der Waals surface area contributed by atoms with Crippen LogP contribution in [0.1, 0.15) is 49.3 Å². The molecule has 0 aliphatic rings. The number of nitrogens with zero attached hydrogens (tertiary/aromatic N) is 1. The van der Waals surface area contributed by atoms with E-state index >= 15 is 0 Å². The Morgan fingerprint density at radius 1 is 1.21 bits per heavy atom. The Labute approximate surface area is 119 Å². The minimum atomic E-state index is 0.611. The Bertz CT molecular complexity index is 372. The second kappa shape index (κ2) is 8.34. The maximum atomic E-state index is 3.20. The summed E-state index contributed by atoms with van der Waals surface area (Å²) in [6.07, 6.45) is 2.52. The van der Waals surface area contributed by atoms with Crippen LogP contribution < -0.4 is 5.32 Å². The van der Waals surface area contributed by atoms with E-state index < -0.39 is 0 Å². The van der Waals surface area contributed by atoms with Crippen LogP contribution in [0.25, 0.3) is 0 Å². The first-order valence-electron chi connectivity index (χ1n) is 7.47. The van der Waals surface area contributed by atoms with Crippen LogP contribution in [0.5, 0.6) is 0 Å². The third kappa shape index (κ3) is 5.75. The molecule has 1 N–H and O–H groups in total. The lowest BCUT2D eigenvalue weighted by Crippen LogP contribution is -2.21. The summed E-state index contributed by atoms with van der Waals surface area (Å²) < 4.78 is 0. The third-order valence-corrected chi connectivity index (χ3v) is 3.70. The molecule has 0 bridgehead atoms. The molecule has 1 aromatic rings. The molecule has 2 nitrogen and oxygen atoms in total. The highest BCUT2D eigenvalue weighted by Gasteiger charge is 2.06. The van der Waals surface area contributed by atoms with Crippen molar-refractivity contribution < 1.29 is 0 Å². The molecule has 19 heavy (non-hydrogen) atoms. The van der Waals surface area contributed by atoms with Crippen molar-refractivity contribution in [3.05, 3.63) is 34.9 Å². The molecule has 2 heteroatoms. The number of rotatable bonds is 8. The summed E-state index contributed by atoms with van der Waals surface area (Å²) in [4.78, 5) is 2.43. The van der Waals surface area contributed by atoms with Crippen LogP contribution in [0.4, 0.5) is 0 Å². The number of aryl methyl sites for hydroxylation is 1. The Balaban J connectivity index is 2.53. The molecule has 0 fully saturated rings. The summed E-state index contributed by atoms with van der Waals surface area (Å²) in [6.45, 7) is 10.1. The topological polar surface area (TPSA) is 15.3 Å². The fourth-order valence-electron chi connectivity index (χ4n) is 2.27. The summed E-state index contributed by atoms with van der Waals surface area (Å²) in [6, 6.07) is 6.90. The van der Waals surface area contributed by atoms with Crippen LogP contribution in [0, 0.1) is 6.92 Å². The fourth-order valence-corrected chi connectivity index (χ4v) is 2.27. The minimum absolute atomic E-state index is 0.611. The zero-order valence-corrected chi connectivity index (χ0v) is 13.3. The first-order valence-corrected chi connectivity index (χ1v) is 7.47. The Kier molecular flexibility index (Phi) is 7.11. The molecular formula is C17H30N2. The lowest BCUT2D eigenvalue weighted by molar-refractivity contribution is 0.317. The van der Waals surface area contributed by atoms with Gasteiger partial charge in [0, 0.05) is 6.54 Å². The fraction of sp³-hybridized carbons (Fsp3) is 0.647. The number of nitrogens with one attached hydrogen (secondary N) is 1. The van der Waals surface area contributed by atoms with E-state index in [0.29, 0.717) is 5.92 Å². The van der Waals surface area contributed by atoms with Gasteiger partial charge in [0.15, 0.2) is 0 Å². The van der Waals surface area contributed by atoms with Crippen LogP contribution in [-0.2, 0) is 6.54 Å². The third-order valence-electron chi connectivity index (χ3n) is 3.70. The molecule has 0 spiro atoms. The monoisotopic (exact) mass is 262 g/mol. The highest BCUT2D eigenvalue weighted by atomic mass is 15.1. The molecular weight excluding hydrogens is 232 g/mol. The highest BCUT2D eigenvalue weighted by molar-refractivity contribution is 5.32. The minimum Gasteiger partial charge on any atom is -0.320 e. The zero-order chi connectivity index (χ0) is 14.3. The maximum Gasteiger partial charge on any atom is 0.0233 e. The maximum absolute atomic E-state index is 3.20. The Morgan fingerprint density at radius 3 is 2.58 bits per heavy atom. The van der Waals surface area contributed by atoms with Gasteiger partial charge < -0.3 is 10.2 Å². The van der Waals surface area contributed by atoms with Crippen molar-refractivity contribution in [2.24, 2.45) is 0 Å². The average Bonchev–Trinajstić information content (AvgIpc) is 2.37. The van der Waals surface area contributed by atoms with Crippen molar-refractivity contribution in [2.75, 3.05) is 27.2 Å². The first-order chi connectivity index (χ1) is 9.04. The molecule has 0 heterocycles. The summed E-state index contributed by atoms with van der Waals surface area (Å²) in [5.41, 5.74) is 4.33. The van der Waals surface area contributed by atoms with E-state index in [4.69, 9.17) is 0 Å². The van der Waals surface area contributed by atoms with Crippen LogP contribution in [0.15, 0.2) is 18.2 Å². The van der Waals surface area contributed by atoms with Gasteiger partial charge in [-0.1, -0.05) is 32.0 Å². The standard InChI is InChI=1S/C17H30N2/c1-14(2)16-9-8-15(3)17(12-16)13-19(5)11-7-6-10-18-4/h8-9,12,14,18H,6-7,10-11,13H2,1-5H3. The molecule has 0 unspecified atom stereocenters. The van der Waals surface area contributed by atoms with E-state index in [2.05, 4.69) is 56.2 Å². The molecule has 0 aliphatic carbocycles. The lowest BCUT2D eigenvalue weighted by atomic mass is 9.97. The molecule has 108 valence electrons. The van der Waals surface area contributed by atoms with Gasteiger partial charge in [-0.05, 0) is 69.6 Å². The highest BCUT2D eigenvalue weighted by Crippen LogP contribution is 2.19. The van der Waals surface area contributed by atoms with E-state index in [1.807, 2.05) is 7.05 Å². The predicted molar refractivity (Wildman–Crippen MR) is 84.8 cm³/mol.